The summed E-state index contributed by atoms with van der Waals surface area (Å²) < 4.78 is 33.8. The van der Waals surface area contributed by atoms with Gasteiger partial charge < -0.3 is 20.6 Å². The third kappa shape index (κ3) is 6.15. The summed E-state index contributed by atoms with van der Waals surface area (Å²) in [7, 11) is 0. The van der Waals surface area contributed by atoms with Crippen LogP contribution in [0.25, 0.3) is 0 Å². The summed E-state index contributed by atoms with van der Waals surface area (Å²) in [6.07, 6.45) is -2.99. The fourth-order valence-electron chi connectivity index (χ4n) is 3.45. The van der Waals surface area contributed by atoms with E-state index in [2.05, 4.69) is 36.9 Å². The number of carbonyl (C=O) groups excluding carboxylic acids is 1. The normalized spacial score (nSPS) is 18.2. The van der Waals surface area contributed by atoms with E-state index in [1.165, 1.54) is 5.69 Å². The summed E-state index contributed by atoms with van der Waals surface area (Å²) in [6, 6.07) is 5.90. The van der Waals surface area contributed by atoms with Crippen LogP contribution in [0.15, 0.2) is 18.2 Å². The molecule has 4 rings (SSSR count). The largest absolute Gasteiger partial charge is 0.490 e. The number of halogens is 3. The first-order valence-corrected chi connectivity index (χ1v) is 10.1. The maximum absolute atomic E-state index is 12.3. The predicted octanol–water partition coefficient (Wildman–Crippen LogP) is 1.12. The molecule has 10 nitrogen and oxygen atoms in total. The van der Waals surface area contributed by atoms with Crippen LogP contribution in [0, 0.1) is 6.92 Å². The Labute approximate surface area is 181 Å². The Hall–Kier alpha value is -3.22. The zero-order valence-electron chi connectivity index (χ0n) is 17.4. The van der Waals surface area contributed by atoms with Crippen LogP contribution in [0.3, 0.4) is 0 Å². The molecule has 0 radical (unpaired) electrons. The highest BCUT2D eigenvalue weighted by atomic mass is 19.4. The Morgan fingerprint density at radius 2 is 2.00 bits per heavy atom. The number of carboxylic acid groups (broad SMARTS) is 1. The molecule has 1 fully saturated rings. The topological polar surface area (TPSA) is 125 Å². The molecule has 0 aromatic carbocycles. The molecule has 2 aromatic rings. The van der Waals surface area contributed by atoms with Crippen molar-refractivity contribution in [2.75, 3.05) is 24.5 Å². The van der Waals surface area contributed by atoms with Crippen molar-refractivity contribution in [3.05, 3.63) is 35.3 Å². The number of carbonyl (C=O) groups is 2. The van der Waals surface area contributed by atoms with Gasteiger partial charge in [-0.2, -0.15) is 18.3 Å². The molecule has 4 heterocycles. The van der Waals surface area contributed by atoms with Crippen LogP contribution in [-0.4, -0.2) is 68.8 Å². The van der Waals surface area contributed by atoms with Gasteiger partial charge in [0, 0.05) is 19.1 Å². The third-order valence-electron chi connectivity index (χ3n) is 5.00. The molecule has 1 saturated heterocycles. The molecule has 1 atom stereocenters. The van der Waals surface area contributed by atoms with Gasteiger partial charge in [0.05, 0.1) is 24.5 Å². The molecule has 2 aliphatic heterocycles. The molecule has 1 unspecified atom stereocenters. The maximum Gasteiger partial charge on any atom is 0.490 e. The summed E-state index contributed by atoms with van der Waals surface area (Å²) in [5.74, 6) is -2.12. The lowest BCUT2D eigenvalue weighted by Crippen LogP contribution is -2.45. The number of aromatic nitrogens is 4. The minimum atomic E-state index is -5.08. The molecule has 1 amide bonds. The Bertz CT molecular complexity index is 941. The molecule has 0 aliphatic carbocycles. The number of aryl methyl sites for hydroxylation is 1. The second-order valence-electron chi connectivity index (χ2n) is 7.52. The van der Waals surface area contributed by atoms with E-state index < -0.39 is 12.1 Å². The van der Waals surface area contributed by atoms with Crippen LogP contribution >= 0.6 is 0 Å². The van der Waals surface area contributed by atoms with Crippen LogP contribution in [0.2, 0.25) is 0 Å². The molecular weight excluding hydrogens is 431 g/mol. The second kappa shape index (κ2) is 9.94. The van der Waals surface area contributed by atoms with Gasteiger partial charge in [-0.15, -0.1) is 10.2 Å². The van der Waals surface area contributed by atoms with Crippen molar-refractivity contribution in [1.82, 2.24) is 30.6 Å². The van der Waals surface area contributed by atoms with Crippen molar-refractivity contribution in [2.45, 2.75) is 45.1 Å². The smallest absolute Gasteiger partial charge is 0.475 e. The van der Waals surface area contributed by atoms with Gasteiger partial charge in [0.2, 0.25) is 0 Å². The zero-order valence-corrected chi connectivity index (χ0v) is 17.4. The fourth-order valence-corrected chi connectivity index (χ4v) is 3.45. The van der Waals surface area contributed by atoms with Crippen molar-refractivity contribution in [2.24, 2.45) is 0 Å². The van der Waals surface area contributed by atoms with Crippen molar-refractivity contribution in [3.63, 3.8) is 0 Å². The van der Waals surface area contributed by atoms with Crippen molar-refractivity contribution in [1.29, 1.82) is 0 Å². The lowest BCUT2D eigenvalue weighted by molar-refractivity contribution is -0.192. The first kappa shape index (κ1) is 23.4. The van der Waals surface area contributed by atoms with Crippen LogP contribution in [0.5, 0.6) is 0 Å². The summed E-state index contributed by atoms with van der Waals surface area (Å²) in [6.45, 7) is 6.27. The average Bonchev–Trinajstić information content (AvgIpc) is 3.13. The first-order chi connectivity index (χ1) is 15.1. The van der Waals surface area contributed by atoms with Gasteiger partial charge in [0.1, 0.15) is 0 Å². The molecule has 0 bridgehead atoms. The number of nitrogens with one attached hydrogen (secondary N) is 2. The number of hydrogen-bond acceptors (Lipinski definition) is 7. The van der Waals surface area contributed by atoms with Crippen molar-refractivity contribution in [3.8, 4) is 0 Å². The molecule has 0 spiro atoms. The van der Waals surface area contributed by atoms with E-state index in [4.69, 9.17) is 9.90 Å². The number of piperidine rings is 1. The van der Waals surface area contributed by atoms with Crippen LogP contribution in [0.4, 0.5) is 19.0 Å². The minimum absolute atomic E-state index is 0.153. The highest BCUT2D eigenvalue weighted by Gasteiger charge is 2.38. The zero-order chi connectivity index (χ0) is 23.3. The van der Waals surface area contributed by atoms with Gasteiger partial charge in [-0.3, -0.25) is 9.48 Å². The number of aliphatic carboxylic acids is 1. The Kier molecular flexibility index (Phi) is 7.28. The number of fused-ring (bicyclic) bond motifs is 1. The van der Waals surface area contributed by atoms with Crippen molar-refractivity contribution < 1.29 is 27.9 Å². The highest BCUT2D eigenvalue weighted by molar-refractivity contribution is 5.92. The third-order valence-corrected chi connectivity index (χ3v) is 5.00. The number of amides is 1. The fraction of sp³-hybridized carbons (Fsp3) is 0.526. The molecule has 3 N–H and O–H groups in total. The van der Waals surface area contributed by atoms with E-state index in [1.807, 2.05) is 17.7 Å². The molecular formula is C19H24F3N7O3. The van der Waals surface area contributed by atoms with E-state index in [0.29, 0.717) is 5.69 Å². The first-order valence-electron chi connectivity index (χ1n) is 10.1. The van der Waals surface area contributed by atoms with Gasteiger partial charge >= 0.3 is 12.1 Å². The predicted molar refractivity (Wildman–Crippen MR) is 107 cm³/mol. The number of anilines is 1. The summed E-state index contributed by atoms with van der Waals surface area (Å²) in [4.78, 5) is 23.4. The van der Waals surface area contributed by atoms with Gasteiger partial charge in [-0.1, -0.05) is 0 Å². The Morgan fingerprint density at radius 1 is 1.25 bits per heavy atom. The van der Waals surface area contributed by atoms with Crippen LogP contribution in [0.1, 0.15) is 34.7 Å². The van der Waals surface area contributed by atoms with E-state index >= 15 is 0 Å². The van der Waals surface area contributed by atoms with Crippen molar-refractivity contribution >= 4 is 17.7 Å². The standard InChI is InChI=1S/C17H23N7O.C2HF3O2/c1-12-9-14-11-23(7-8-24(14)22-12)16-5-4-15(20-21-16)17(25)19-13-3-2-6-18-10-13;3-2(4,5)1(6)7/h4-5,9,13,18H,2-3,6-8,10-11H2,1H3,(H,19,25);(H,6,7). The van der Waals surface area contributed by atoms with E-state index in [9.17, 15) is 18.0 Å². The molecule has 0 saturated carbocycles. The lowest BCUT2D eigenvalue weighted by atomic mass is 10.1. The van der Waals surface area contributed by atoms with Gasteiger partial charge in [-0.25, -0.2) is 4.79 Å². The quantitative estimate of drug-likeness (QED) is 0.629. The number of nitrogens with zero attached hydrogens (tertiary/aromatic N) is 5. The molecule has 2 aromatic heterocycles. The summed E-state index contributed by atoms with van der Waals surface area (Å²) >= 11 is 0. The molecule has 32 heavy (non-hydrogen) atoms. The van der Waals surface area contributed by atoms with Crippen LogP contribution < -0.4 is 15.5 Å². The number of rotatable bonds is 3. The van der Waals surface area contributed by atoms with Gasteiger partial charge in [0.15, 0.2) is 11.5 Å². The molecule has 13 heteroatoms. The number of hydrogen-bond donors (Lipinski definition) is 3. The lowest BCUT2D eigenvalue weighted by Gasteiger charge is -2.28. The van der Waals surface area contributed by atoms with Gasteiger partial charge in [0.25, 0.3) is 5.91 Å². The summed E-state index contributed by atoms with van der Waals surface area (Å²) in [5, 5.41) is 26.3. The minimum Gasteiger partial charge on any atom is -0.475 e. The number of carboxylic acids is 1. The van der Waals surface area contributed by atoms with Gasteiger partial charge in [-0.05, 0) is 44.5 Å². The Balaban J connectivity index is 0.000000360. The van der Waals surface area contributed by atoms with E-state index in [-0.39, 0.29) is 11.9 Å². The second-order valence-corrected chi connectivity index (χ2v) is 7.52. The highest BCUT2D eigenvalue weighted by Crippen LogP contribution is 2.19. The molecule has 2 aliphatic rings. The molecule has 174 valence electrons. The Morgan fingerprint density at radius 3 is 2.59 bits per heavy atom. The maximum atomic E-state index is 12.3. The summed E-state index contributed by atoms with van der Waals surface area (Å²) in [5.41, 5.74) is 2.58. The van der Waals surface area contributed by atoms with Crippen LogP contribution in [-0.2, 0) is 17.9 Å². The van der Waals surface area contributed by atoms with E-state index in [0.717, 1.165) is 57.1 Å². The average molecular weight is 455 g/mol. The monoisotopic (exact) mass is 455 g/mol. The SMILES string of the molecule is Cc1cc2n(n1)CCN(c1ccc(C(=O)NC3CCCNC3)nn1)C2.O=C(O)C(F)(F)F. The number of alkyl halides is 3. The van der Waals surface area contributed by atoms with E-state index in [1.54, 1.807) is 6.07 Å².